The fourth-order valence-corrected chi connectivity index (χ4v) is 2.61. The second-order valence-corrected chi connectivity index (χ2v) is 5.75. The number of esters is 1. The SMILES string of the molecule is O=C(O[C@H]1[C@@H](F)[C@@H](O)O[C@@H]1COCc1ccccc1)c1ccccc1. The lowest BCUT2D eigenvalue weighted by Crippen LogP contribution is -2.36. The first-order valence-electron chi connectivity index (χ1n) is 8.00. The summed E-state index contributed by atoms with van der Waals surface area (Å²) in [6.07, 6.45) is -5.56. The van der Waals surface area contributed by atoms with Crippen LogP contribution in [0.2, 0.25) is 0 Å². The van der Waals surface area contributed by atoms with Gasteiger partial charge in [-0.15, -0.1) is 0 Å². The second-order valence-electron chi connectivity index (χ2n) is 5.75. The number of ether oxygens (including phenoxy) is 3. The molecule has 0 spiro atoms. The number of alkyl halides is 1. The Balaban J connectivity index is 1.58. The molecule has 1 aliphatic rings. The zero-order valence-corrected chi connectivity index (χ0v) is 13.5. The molecule has 1 saturated heterocycles. The Kier molecular flexibility index (Phi) is 5.75. The normalized spacial score (nSPS) is 25.7. The number of hydrogen-bond donors (Lipinski definition) is 1. The van der Waals surface area contributed by atoms with Gasteiger partial charge in [-0.25, -0.2) is 9.18 Å². The number of hydrogen-bond acceptors (Lipinski definition) is 5. The van der Waals surface area contributed by atoms with Gasteiger partial charge in [0, 0.05) is 0 Å². The van der Waals surface area contributed by atoms with E-state index in [-0.39, 0.29) is 6.61 Å². The van der Waals surface area contributed by atoms with E-state index in [9.17, 15) is 14.3 Å². The molecule has 0 bridgehead atoms. The molecule has 0 aromatic heterocycles. The zero-order valence-electron chi connectivity index (χ0n) is 13.5. The maximum absolute atomic E-state index is 14.2. The van der Waals surface area contributed by atoms with Gasteiger partial charge >= 0.3 is 5.97 Å². The molecule has 2 aromatic rings. The highest BCUT2D eigenvalue weighted by Gasteiger charge is 2.47. The Morgan fingerprint density at radius 2 is 1.72 bits per heavy atom. The molecule has 5 nitrogen and oxygen atoms in total. The Hall–Kier alpha value is -2.28. The van der Waals surface area contributed by atoms with Crippen molar-refractivity contribution in [2.75, 3.05) is 6.61 Å². The van der Waals surface area contributed by atoms with Gasteiger partial charge in [0.2, 0.25) is 0 Å². The van der Waals surface area contributed by atoms with E-state index in [0.717, 1.165) is 5.56 Å². The molecular weight excluding hydrogens is 327 g/mol. The van der Waals surface area contributed by atoms with E-state index >= 15 is 0 Å². The van der Waals surface area contributed by atoms with Gasteiger partial charge in [-0.3, -0.25) is 0 Å². The third kappa shape index (κ3) is 4.42. The Morgan fingerprint density at radius 3 is 2.40 bits per heavy atom. The summed E-state index contributed by atoms with van der Waals surface area (Å²) in [6.45, 7) is 0.312. The molecule has 1 aliphatic heterocycles. The average Bonchev–Trinajstić information content (AvgIpc) is 2.91. The van der Waals surface area contributed by atoms with Crippen LogP contribution in [0.5, 0.6) is 0 Å². The summed E-state index contributed by atoms with van der Waals surface area (Å²) in [5.41, 5.74) is 1.26. The van der Waals surface area contributed by atoms with Gasteiger partial charge in [0.05, 0.1) is 18.8 Å². The summed E-state index contributed by atoms with van der Waals surface area (Å²) in [6, 6.07) is 17.7. The van der Waals surface area contributed by atoms with Gasteiger partial charge in [0.1, 0.15) is 6.10 Å². The van der Waals surface area contributed by atoms with Crippen molar-refractivity contribution >= 4 is 5.97 Å². The van der Waals surface area contributed by atoms with Crippen molar-refractivity contribution in [3.05, 3.63) is 71.8 Å². The first-order chi connectivity index (χ1) is 12.1. The topological polar surface area (TPSA) is 65.0 Å². The van der Waals surface area contributed by atoms with E-state index in [1.165, 1.54) is 0 Å². The maximum Gasteiger partial charge on any atom is 0.338 e. The Bertz CT molecular complexity index is 679. The van der Waals surface area contributed by atoms with Crippen molar-refractivity contribution in [3.8, 4) is 0 Å². The molecule has 132 valence electrons. The van der Waals surface area contributed by atoms with Crippen LogP contribution in [-0.2, 0) is 20.8 Å². The smallest absolute Gasteiger partial charge is 0.338 e. The first kappa shape index (κ1) is 17.5. The molecule has 1 heterocycles. The van der Waals surface area contributed by atoms with Gasteiger partial charge in [-0.2, -0.15) is 0 Å². The molecule has 0 amide bonds. The van der Waals surface area contributed by atoms with Crippen LogP contribution in [0.25, 0.3) is 0 Å². The van der Waals surface area contributed by atoms with E-state index in [0.29, 0.717) is 12.2 Å². The Labute approximate surface area is 144 Å². The predicted molar refractivity (Wildman–Crippen MR) is 87.5 cm³/mol. The number of aliphatic hydroxyl groups excluding tert-OH is 1. The van der Waals surface area contributed by atoms with Crippen LogP contribution in [0, 0.1) is 0 Å². The fraction of sp³-hybridized carbons (Fsp3) is 0.316. The Morgan fingerprint density at radius 1 is 1.08 bits per heavy atom. The van der Waals surface area contributed by atoms with Crippen LogP contribution in [-0.4, -0.2) is 42.4 Å². The molecule has 0 aliphatic carbocycles. The van der Waals surface area contributed by atoms with Crippen molar-refractivity contribution < 1.29 is 28.5 Å². The molecule has 4 atom stereocenters. The maximum atomic E-state index is 14.2. The molecule has 25 heavy (non-hydrogen) atoms. The zero-order chi connectivity index (χ0) is 17.6. The van der Waals surface area contributed by atoms with Gasteiger partial charge in [-0.1, -0.05) is 48.5 Å². The van der Waals surface area contributed by atoms with E-state index in [2.05, 4.69) is 0 Å². The summed E-state index contributed by atoms with van der Waals surface area (Å²) >= 11 is 0. The van der Waals surface area contributed by atoms with E-state index in [1.807, 2.05) is 30.3 Å². The largest absolute Gasteiger partial charge is 0.453 e. The van der Waals surface area contributed by atoms with Crippen molar-refractivity contribution in [2.24, 2.45) is 0 Å². The van der Waals surface area contributed by atoms with Crippen LogP contribution < -0.4 is 0 Å². The molecule has 1 N–H and O–H groups in total. The molecular formula is C19H19FO5. The molecule has 6 heteroatoms. The minimum absolute atomic E-state index is 0.000882. The average molecular weight is 346 g/mol. The van der Waals surface area contributed by atoms with Gasteiger partial charge in [0.25, 0.3) is 0 Å². The molecule has 3 rings (SSSR count). The highest BCUT2D eigenvalue weighted by Crippen LogP contribution is 2.26. The predicted octanol–water partition coefficient (Wildman–Crippen LogP) is 2.48. The van der Waals surface area contributed by atoms with Crippen molar-refractivity contribution in [1.82, 2.24) is 0 Å². The summed E-state index contributed by atoms with van der Waals surface area (Å²) in [4.78, 5) is 12.1. The monoisotopic (exact) mass is 346 g/mol. The van der Waals surface area contributed by atoms with Crippen molar-refractivity contribution in [2.45, 2.75) is 31.3 Å². The van der Waals surface area contributed by atoms with Gasteiger partial charge in [0.15, 0.2) is 18.6 Å². The lowest BCUT2D eigenvalue weighted by Gasteiger charge is -2.19. The number of rotatable bonds is 6. The molecule has 0 unspecified atom stereocenters. The van der Waals surface area contributed by atoms with Crippen LogP contribution >= 0.6 is 0 Å². The summed E-state index contributed by atoms with van der Waals surface area (Å²) in [5, 5.41) is 9.59. The van der Waals surface area contributed by atoms with E-state index < -0.39 is 30.6 Å². The highest BCUT2D eigenvalue weighted by molar-refractivity contribution is 5.89. The molecule has 2 aromatic carbocycles. The first-order valence-corrected chi connectivity index (χ1v) is 8.00. The van der Waals surface area contributed by atoms with Crippen molar-refractivity contribution in [3.63, 3.8) is 0 Å². The number of carbonyl (C=O) groups excluding carboxylic acids is 1. The lowest BCUT2D eigenvalue weighted by atomic mass is 10.1. The van der Waals surface area contributed by atoms with Crippen LogP contribution in [0.1, 0.15) is 15.9 Å². The number of benzene rings is 2. The highest BCUT2D eigenvalue weighted by atomic mass is 19.1. The van der Waals surface area contributed by atoms with E-state index in [4.69, 9.17) is 14.2 Å². The number of halogens is 1. The third-order valence-electron chi connectivity index (χ3n) is 3.91. The van der Waals surface area contributed by atoms with Crippen LogP contribution in [0.15, 0.2) is 60.7 Å². The van der Waals surface area contributed by atoms with E-state index in [1.54, 1.807) is 30.3 Å². The quantitative estimate of drug-likeness (QED) is 0.814. The molecule has 0 saturated carbocycles. The van der Waals surface area contributed by atoms with Crippen LogP contribution in [0.3, 0.4) is 0 Å². The lowest BCUT2D eigenvalue weighted by molar-refractivity contribution is -0.128. The summed E-state index contributed by atoms with van der Waals surface area (Å²) in [7, 11) is 0. The minimum atomic E-state index is -1.82. The fourth-order valence-electron chi connectivity index (χ4n) is 2.61. The molecule has 0 radical (unpaired) electrons. The van der Waals surface area contributed by atoms with Crippen LogP contribution in [0.4, 0.5) is 4.39 Å². The molecule has 1 fully saturated rings. The number of carbonyl (C=O) groups is 1. The third-order valence-corrected chi connectivity index (χ3v) is 3.91. The summed E-state index contributed by atoms with van der Waals surface area (Å²) < 4.78 is 30.0. The van der Waals surface area contributed by atoms with Gasteiger partial charge in [-0.05, 0) is 17.7 Å². The minimum Gasteiger partial charge on any atom is -0.453 e. The second kappa shape index (κ2) is 8.20. The van der Waals surface area contributed by atoms with Gasteiger partial charge < -0.3 is 19.3 Å². The van der Waals surface area contributed by atoms with Crippen molar-refractivity contribution in [1.29, 1.82) is 0 Å². The summed E-state index contributed by atoms with van der Waals surface area (Å²) in [5.74, 6) is -0.668. The standard InChI is InChI=1S/C19H19FO5/c20-16-17(25-18(21)14-9-5-2-6-10-14)15(24-19(16)22)12-23-11-13-7-3-1-4-8-13/h1-10,15-17,19,22H,11-12H2/t15-,16-,17-,19+/m1/s1. The number of aliphatic hydroxyl groups is 1.